The Labute approximate surface area is 84.6 Å². The molecule has 2 N–H and O–H groups in total. The van der Waals surface area contributed by atoms with Gasteiger partial charge in [-0.25, -0.2) is 4.79 Å². The molecule has 1 aromatic heterocycles. The van der Waals surface area contributed by atoms with Crippen LogP contribution < -0.4 is 16.6 Å². The summed E-state index contributed by atoms with van der Waals surface area (Å²) in [5, 5.41) is 10.9. The van der Waals surface area contributed by atoms with Crippen LogP contribution >= 0.6 is 0 Å². The molecule has 0 aliphatic heterocycles. The molecule has 0 saturated heterocycles. The van der Waals surface area contributed by atoms with Crippen LogP contribution in [0.15, 0.2) is 15.7 Å². The van der Waals surface area contributed by atoms with Gasteiger partial charge in [0.2, 0.25) is 0 Å². The number of carboxylic acid groups (broad SMARTS) is 1. The van der Waals surface area contributed by atoms with Gasteiger partial charge in [0.25, 0.3) is 5.56 Å². The number of nitrogens with one attached hydrogen (secondary N) is 1. The molecule has 0 amide bonds. The van der Waals surface area contributed by atoms with Crippen molar-refractivity contribution in [3.05, 3.63) is 26.9 Å². The second-order valence-corrected chi connectivity index (χ2v) is 3.02. The van der Waals surface area contributed by atoms with E-state index in [4.69, 9.17) is 5.11 Å². The first kappa shape index (κ1) is 11.0. The van der Waals surface area contributed by atoms with Crippen LogP contribution in [-0.2, 0) is 18.9 Å². The van der Waals surface area contributed by atoms with Crippen LogP contribution in [0, 0.1) is 0 Å². The number of nitrogens with zero attached hydrogens (tertiary/aromatic N) is 2. The number of rotatable bonds is 3. The van der Waals surface area contributed by atoms with Crippen molar-refractivity contribution in [2.45, 2.75) is 0 Å². The predicted octanol–water partition coefficient (Wildman–Crippen LogP) is -1.42. The van der Waals surface area contributed by atoms with Gasteiger partial charge in [-0.05, 0) is 0 Å². The minimum absolute atomic E-state index is 0.186. The fraction of sp³-hybridized carbons (Fsp3) is 0.375. The summed E-state index contributed by atoms with van der Waals surface area (Å²) in [4.78, 5) is 32.9. The van der Waals surface area contributed by atoms with Crippen molar-refractivity contribution in [2.24, 2.45) is 14.1 Å². The summed E-state index contributed by atoms with van der Waals surface area (Å²) in [5.41, 5.74) is -0.985. The molecule has 0 unspecified atom stereocenters. The zero-order chi connectivity index (χ0) is 11.6. The van der Waals surface area contributed by atoms with E-state index in [0.717, 1.165) is 4.57 Å². The smallest absolute Gasteiger partial charge is 0.332 e. The van der Waals surface area contributed by atoms with Crippen LogP contribution in [0.2, 0.25) is 0 Å². The molecule has 0 bridgehead atoms. The van der Waals surface area contributed by atoms with Crippen LogP contribution in [0.1, 0.15) is 0 Å². The van der Waals surface area contributed by atoms with E-state index in [2.05, 4.69) is 5.32 Å². The molecule has 0 saturated carbocycles. The molecule has 1 aromatic rings. The van der Waals surface area contributed by atoms with Crippen molar-refractivity contribution >= 4 is 11.8 Å². The summed E-state index contributed by atoms with van der Waals surface area (Å²) < 4.78 is 2.11. The molecule has 0 aromatic carbocycles. The van der Waals surface area contributed by atoms with Gasteiger partial charge >= 0.3 is 11.7 Å². The number of carbonyl (C=O) groups is 1. The monoisotopic (exact) mass is 213 g/mol. The number of hydrogen-bond donors (Lipinski definition) is 2. The lowest BCUT2D eigenvalue weighted by molar-refractivity contribution is -0.134. The van der Waals surface area contributed by atoms with E-state index in [1.807, 2.05) is 0 Å². The zero-order valence-corrected chi connectivity index (χ0v) is 8.35. The normalized spacial score (nSPS) is 10.0. The van der Waals surface area contributed by atoms with Gasteiger partial charge in [-0.2, -0.15) is 0 Å². The van der Waals surface area contributed by atoms with E-state index in [1.165, 1.54) is 24.7 Å². The molecule has 0 aliphatic rings. The SMILES string of the molecule is Cn1c(NCC(=O)O)cc(=O)n(C)c1=O. The number of hydrogen-bond acceptors (Lipinski definition) is 4. The Balaban J connectivity index is 3.16. The Morgan fingerprint density at radius 3 is 2.53 bits per heavy atom. The van der Waals surface area contributed by atoms with Gasteiger partial charge in [-0.15, -0.1) is 0 Å². The fourth-order valence-electron chi connectivity index (χ4n) is 1.07. The highest BCUT2D eigenvalue weighted by Gasteiger charge is 2.06. The molecule has 1 rings (SSSR count). The van der Waals surface area contributed by atoms with Crippen LogP contribution in [0.25, 0.3) is 0 Å². The standard InChI is InChI=1S/C8H11N3O4/c1-10-5(9-4-7(13)14)3-6(12)11(2)8(10)15/h3,9H,4H2,1-2H3,(H,13,14). The highest BCUT2D eigenvalue weighted by atomic mass is 16.4. The highest BCUT2D eigenvalue weighted by Crippen LogP contribution is 1.96. The van der Waals surface area contributed by atoms with E-state index < -0.39 is 17.2 Å². The minimum Gasteiger partial charge on any atom is -0.480 e. The van der Waals surface area contributed by atoms with Crippen molar-refractivity contribution in [2.75, 3.05) is 11.9 Å². The molecule has 0 atom stereocenters. The van der Waals surface area contributed by atoms with E-state index >= 15 is 0 Å². The van der Waals surface area contributed by atoms with Crippen molar-refractivity contribution in [1.82, 2.24) is 9.13 Å². The Morgan fingerprint density at radius 2 is 2.00 bits per heavy atom. The van der Waals surface area contributed by atoms with E-state index in [1.54, 1.807) is 0 Å². The first-order chi connectivity index (χ1) is 6.93. The Kier molecular flexibility index (Phi) is 2.93. The molecular weight excluding hydrogens is 202 g/mol. The van der Waals surface area contributed by atoms with Crippen LogP contribution in [0.5, 0.6) is 0 Å². The topological polar surface area (TPSA) is 93.3 Å². The number of aliphatic carboxylic acids is 1. The third-order valence-corrected chi connectivity index (χ3v) is 1.95. The van der Waals surface area contributed by atoms with Gasteiger partial charge in [-0.3, -0.25) is 18.7 Å². The minimum atomic E-state index is -1.07. The van der Waals surface area contributed by atoms with Crippen LogP contribution in [-0.4, -0.2) is 26.8 Å². The average Bonchev–Trinajstić information content (AvgIpc) is 2.18. The third kappa shape index (κ3) is 2.25. The molecule has 1 heterocycles. The second-order valence-electron chi connectivity index (χ2n) is 3.02. The third-order valence-electron chi connectivity index (χ3n) is 1.95. The summed E-state index contributed by atoms with van der Waals surface area (Å²) in [5.74, 6) is -0.881. The molecule has 0 spiro atoms. The number of anilines is 1. The molecular formula is C8H11N3O4. The quantitative estimate of drug-likeness (QED) is 0.642. The fourth-order valence-corrected chi connectivity index (χ4v) is 1.07. The largest absolute Gasteiger partial charge is 0.480 e. The van der Waals surface area contributed by atoms with Gasteiger partial charge in [-0.1, -0.05) is 0 Å². The lowest BCUT2D eigenvalue weighted by atomic mass is 10.5. The maximum atomic E-state index is 11.4. The van der Waals surface area contributed by atoms with E-state index in [0.29, 0.717) is 0 Å². The first-order valence-corrected chi connectivity index (χ1v) is 4.16. The molecule has 0 fully saturated rings. The predicted molar refractivity (Wildman–Crippen MR) is 53.0 cm³/mol. The molecule has 7 heteroatoms. The van der Waals surface area contributed by atoms with E-state index in [9.17, 15) is 14.4 Å². The summed E-state index contributed by atoms with van der Waals surface area (Å²) in [6.07, 6.45) is 0. The van der Waals surface area contributed by atoms with Crippen molar-refractivity contribution in [1.29, 1.82) is 0 Å². The number of aromatic nitrogens is 2. The second kappa shape index (κ2) is 3.99. The Bertz CT molecular complexity index is 500. The van der Waals surface area contributed by atoms with Gasteiger partial charge in [0.15, 0.2) is 0 Å². The summed E-state index contributed by atoms with van der Waals surface area (Å²) in [6, 6.07) is 1.17. The lowest BCUT2D eigenvalue weighted by Gasteiger charge is -2.09. The van der Waals surface area contributed by atoms with Gasteiger partial charge in [0.1, 0.15) is 12.4 Å². The first-order valence-electron chi connectivity index (χ1n) is 4.16. The Morgan fingerprint density at radius 1 is 1.40 bits per heavy atom. The molecule has 15 heavy (non-hydrogen) atoms. The number of carboxylic acids is 1. The summed E-state index contributed by atoms with van der Waals surface area (Å²) in [6.45, 7) is -0.347. The van der Waals surface area contributed by atoms with Crippen LogP contribution in [0.4, 0.5) is 5.82 Å². The van der Waals surface area contributed by atoms with Crippen molar-refractivity contribution < 1.29 is 9.90 Å². The average molecular weight is 213 g/mol. The van der Waals surface area contributed by atoms with Crippen molar-refractivity contribution in [3.63, 3.8) is 0 Å². The molecule has 0 aliphatic carbocycles. The Hall–Kier alpha value is -2.05. The van der Waals surface area contributed by atoms with Gasteiger partial charge in [0.05, 0.1) is 0 Å². The van der Waals surface area contributed by atoms with Gasteiger partial charge < -0.3 is 10.4 Å². The van der Waals surface area contributed by atoms with E-state index in [-0.39, 0.29) is 12.4 Å². The molecule has 7 nitrogen and oxygen atoms in total. The maximum absolute atomic E-state index is 11.4. The van der Waals surface area contributed by atoms with Crippen LogP contribution in [0.3, 0.4) is 0 Å². The summed E-state index contributed by atoms with van der Waals surface area (Å²) >= 11 is 0. The maximum Gasteiger partial charge on any atom is 0.332 e. The zero-order valence-electron chi connectivity index (χ0n) is 8.35. The molecule has 0 radical (unpaired) electrons. The summed E-state index contributed by atoms with van der Waals surface area (Å²) in [7, 11) is 2.80. The van der Waals surface area contributed by atoms with Gasteiger partial charge in [0, 0.05) is 20.2 Å². The van der Waals surface area contributed by atoms with Crippen molar-refractivity contribution in [3.8, 4) is 0 Å². The molecule has 82 valence electrons. The lowest BCUT2D eigenvalue weighted by Crippen LogP contribution is -2.37. The highest BCUT2D eigenvalue weighted by molar-refractivity contribution is 5.72.